The number of furan rings is 1. The number of fused-ring (bicyclic) bond motifs is 7. The molecule has 0 N–H and O–H groups in total. The van der Waals surface area contributed by atoms with Crippen LogP contribution in [-0.4, -0.2) is 6.71 Å². The molecular weight excluding hydrogens is 517 g/mol. The molecule has 6 aromatic carbocycles. The highest BCUT2D eigenvalue weighted by molar-refractivity contribution is 6.98. The summed E-state index contributed by atoms with van der Waals surface area (Å²) in [6, 6.07) is 44.1. The van der Waals surface area contributed by atoms with E-state index in [1.165, 1.54) is 0 Å². The summed E-state index contributed by atoms with van der Waals surface area (Å²) in [4.78, 5) is 2.25. The van der Waals surface area contributed by atoms with E-state index in [-0.39, 0.29) is 6.71 Å². The van der Waals surface area contributed by atoms with E-state index in [1.807, 2.05) is 24.3 Å². The molecule has 0 bridgehead atoms. The van der Waals surface area contributed by atoms with Gasteiger partial charge in [0.2, 0.25) is 0 Å². The maximum Gasteiger partial charge on any atom is 0.260 e. The van der Waals surface area contributed by atoms with E-state index in [4.69, 9.17) is 13.9 Å². The van der Waals surface area contributed by atoms with Gasteiger partial charge in [-0.15, -0.1) is 0 Å². The van der Waals surface area contributed by atoms with Crippen LogP contribution in [0.4, 0.5) is 17.1 Å². The largest absolute Gasteiger partial charge is 0.458 e. The summed E-state index contributed by atoms with van der Waals surface area (Å²) < 4.78 is 19.6. The highest BCUT2D eigenvalue weighted by atomic mass is 16.5. The number of anilines is 3. The lowest BCUT2D eigenvalue weighted by Gasteiger charge is -2.33. The van der Waals surface area contributed by atoms with Gasteiger partial charge >= 0.3 is 0 Å². The summed E-state index contributed by atoms with van der Waals surface area (Å²) in [5, 5.41) is 2.10. The molecule has 0 amide bonds. The van der Waals surface area contributed by atoms with E-state index in [0.717, 1.165) is 84.0 Å². The van der Waals surface area contributed by atoms with Crippen LogP contribution in [-0.2, 0) is 0 Å². The zero-order chi connectivity index (χ0) is 27.8. The molecule has 0 unspecified atom stereocenters. The Hall–Kier alpha value is -5.42. The number of hydrogen-bond donors (Lipinski definition) is 0. The van der Waals surface area contributed by atoms with Crippen molar-refractivity contribution in [3.8, 4) is 23.0 Å². The number of hydrogen-bond acceptors (Lipinski definition) is 4. The number of aryl methyl sites for hydroxylation is 1. The number of rotatable bonds is 3. The van der Waals surface area contributed by atoms with Crippen LogP contribution in [0.1, 0.15) is 5.56 Å². The Morgan fingerprint density at radius 1 is 0.500 bits per heavy atom. The first-order valence-electron chi connectivity index (χ1n) is 14.2. The maximum absolute atomic E-state index is 6.60. The third-order valence-corrected chi connectivity index (χ3v) is 8.39. The smallest absolute Gasteiger partial charge is 0.260 e. The predicted molar refractivity (Wildman–Crippen MR) is 171 cm³/mol. The zero-order valence-corrected chi connectivity index (χ0v) is 22.9. The Kier molecular flexibility index (Phi) is 4.88. The minimum Gasteiger partial charge on any atom is -0.458 e. The molecule has 0 fully saturated rings. The van der Waals surface area contributed by atoms with Crippen LogP contribution in [0.5, 0.6) is 23.0 Å². The van der Waals surface area contributed by atoms with E-state index < -0.39 is 0 Å². The van der Waals surface area contributed by atoms with Crippen molar-refractivity contribution in [3.63, 3.8) is 0 Å². The van der Waals surface area contributed by atoms with Gasteiger partial charge < -0.3 is 18.8 Å². The molecule has 3 heterocycles. The van der Waals surface area contributed by atoms with Crippen molar-refractivity contribution in [2.75, 3.05) is 4.90 Å². The second-order valence-electron chi connectivity index (χ2n) is 11.0. The first-order chi connectivity index (χ1) is 20.7. The average Bonchev–Trinajstić information content (AvgIpc) is 3.37. The molecule has 1 aromatic heterocycles. The third kappa shape index (κ3) is 3.43. The molecule has 4 nitrogen and oxygen atoms in total. The molecule has 0 atom stereocenters. The number of benzene rings is 6. The van der Waals surface area contributed by atoms with Crippen molar-refractivity contribution in [1.29, 1.82) is 0 Å². The van der Waals surface area contributed by atoms with E-state index in [9.17, 15) is 0 Å². The lowest BCUT2D eigenvalue weighted by atomic mass is 9.35. The van der Waals surface area contributed by atoms with E-state index in [2.05, 4.69) is 115 Å². The molecule has 198 valence electrons. The van der Waals surface area contributed by atoms with Crippen molar-refractivity contribution in [3.05, 3.63) is 133 Å². The molecule has 0 saturated carbocycles. The molecule has 0 spiro atoms. The fourth-order valence-electron chi connectivity index (χ4n) is 6.57. The molecule has 2 aliphatic rings. The summed E-state index contributed by atoms with van der Waals surface area (Å²) >= 11 is 0. The standard InChI is InChI=1S/C37H24BNO3/c1-23-18-35-37-36(19-23)42-34-21-28-27-17-16-26(39(24-10-4-2-5-11-24)25-12-6-3-7-13-25)20-32(27)41-33(28)22-30(34)38(37)29-14-8-9-15-31(29)40-35/h2-22H,1H3. The molecule has 42 heavy (non-hydrogen) atoms. The Morgan fingerprint density at radius 2 is 1.14 bits per heavy atom. The molecule has 2 aliphatic heterocycles. The normalized spacial score (nSPS) is 12.7. The van der Waals surface area contributed by atoms with Crippen molar-refractivity contribution in [1.82, 2.24) is 0 Å². The second-order valence-corrected chi connectivity index (χ2v) is 11.0. The predicted octanol–water partition coefficient (Wildman–Crippen LogP) is 8.09. The maximum atomic E-state index is 6.60. The zero-order valence-electron chi connectivity index (χ0n) is 22.9. The van der Waals surface area contributed by atoms with Crippen LogP contribution in [0.2, 0.25) is 0 Å². The van der Waals surface area contributed by atoms with Crippen LogP contribution in [0.15, 0.2) is 132 Å². The number of ether oxygens (including phenoxy) is 2. The van der Waals surface area contributed by atoms with Crippen molar-refractivity contribution >= 4 is 62.1 Å². The van der Waals surface area contributed by atoms with Crippen molar-refractivity contribution in [2.24, 2.45) is 0 Å². The summed E-state index contributed by atoms with van der Waals surface area (Å²) in [7, 11) is 0. The summed E-state index contributed by atoms with van der Waals surface area (Å²) in [5.74, 6) is 3.45. The summed E-state index contributed by atoms with van der Waals surface area (Å²) in [6.07, 6.45) is 0. The van der Waals surface area contributed by atoms with Crippen LogP contribution >= 0.6 is 0 Å². The fourth-order valence-corrected chi connectivity index (χ4v) is 6.57. The molecule has 9 rings (SSSR count). The van der Waals surface area contributed by atoms with Gasteiger partial charge in [0, 0.05) is 39.4 Å². The van der Waals surface area contributed by atoms with Crippen LogP contribution in [0.3, 0.4) is 0 Å². The third-order valence-electron chi connectivity index (χ3n) is 8.39. The highest BCUT2D eigenvalue weighted by Gasteiger charge is 2.40. The van der Waals surface area contributed by atoms with E-state index in [0.29, 0.717) is 0 Å². The highest BCUT2D eigenvalue weighted by Crippen LogP contribution is 2.41. The Labute approximate surface area is 243 Å². The summed E-state index contributed by atoms with van der Waals surface area (Å²) in [6.45, 7) is 2.08. The van der Waals surface area contributed by atoms with Crippen LogP contribution < -0.4 is 30.8 Å². The first-order valence-corrected chi connectivity index (χ1v) is 14.2. The van der Waals surface area contributed by atoms with Crippen LogP contribution in [0.25, 0.3) is 21.9 Å². The van der Waals surface area contributed by atoms with E-state index in [1.54, 1.807) is 0 Å². The van der Waals surface area contributed by atoms with Gasteiger partial charge in [0.25, 0.3) is 6.71 Å². The summed E-state index contributed by atoms with van der Waals surface area (Å²) in [5.41, 5.74) is 9.30. The van der Waals surface area contributed by atoms with Gasteiger partial charge in [0.1, 0.15) is 34.2 Å². The SMILES string of the molecule is Cc1cc2c3c(c1)Oc1cc4c(cc1B3c1ccccc1O2)oc1cc(N(c2ccccc2)c2ccccc2)ccc14. The van der Waals surface area contributed by atoms with Gasteiger partial charge in [0.05, 0.1) is 0 Å². The average molecular weight is 541 g/mol. The van der Waals surface area contributed by atoms with Crippen molar-refractivity contribution in [2.45, 2.75) is 6.92 Å². The van der Waals surface area contributed by atoms with Crippen molar-refractivity contribution < 1.29 is 13.9 Å². The van der Waals surface area contributed by atoms with Gasteiger partial charge in [-0.1, -0.05) is 54.6 Å². The van der Waals surface area contributed by atoms with Gasteiger partial charge in [-0.25, -0.2) is 0 Å². The minimum absolute atomic E-state index is 0.00382. The molecule has 0 saturated heterocycles. The Morgan fingerprint density at radius 3 is 1.88 bits per heavy atom. The second kappa shape index (κ2) is 8.79. The monoisotopic (exact) mass is 541 g/mol. The number of para-hydroxylation sites is 3. The Balaban J connectivity index is 1.23. The quantitative estimate of drug-likeness (QED) is 0.212. The molecule has 7 aromatic rings. The van der Waals surface area contributed by atoms with Gasteiger partial charge in [-0.2, -0.15) is 0 Å². The first kappa shape index (κ1) is 23.3. The van der Waals surface area contributed by atoms with Gasteiger partial charge in [-0.05, 0) is 90.1 Å². The Bertz CT molecular complexity index is 2130. The van der Waals surface area contributed by atoms with Gasteiger partial charge in [-0.3, -0.25) is 0 Å². The minimum atomic E-state index is 0.00382. The molecule has 0 aliphatic carbocycles. The van der Waals surface area contributed by atoms with Crippen LogP contribution in [0, 0.1) is 6.92 Å². The topological polar surface area (TPSA) is 34.8 Å². The number of nitrogens with zero attached hydrogens (tertiary/aromatic N) is 1. The van der Waals surface area contributed by atoms with Gasteiger partial charge in [0.15, 0.2) is 0 Å². The lowest BCUT2D eigenvalue weighted by Crippen LogP contribution is -2.57. The molecule has 0 radical (unpaired) electrons. The lowest BCUT2D eigenvalue weighted by molar-refractivity contribution is 0.464. The fraction of sp³-hybridized carbons (Fsp3) is 0.0270. The molecular formula is C37H24BNO3. The van der Waals surface area contributed by atoms with E-state index >= 15 is 0 Å². The molecule has 5 heteroatoms.